The Balaban J connectivity index is 1.43. The van der Waals surface area contributed by atoms with E-state index in [1.807, 2.05) is 25.4 Å². The smallest absolute Gasteiger partial charge is 0.231 e. The third-order valence-electron chi connectivity index (χ3n) is 5.71. The Morgan fingerprint density at radius 1 is 1.21 bits per heavy atom. The predicted octanol–water partition coefficient (Wildman–Crippen LogP) is 4.49. The molecule has 0 radical (unpaired) electrons. The van der Waals surface area contributed by atoms with Crippen LogP contribution in [-0.2, 0) is 13.6 Å². The fourth-order valence-electron chi connectivity index (χ4n) is 4.13. The van der Waals surface area contributed by atoms with Gasteiger partial charge in [0, 0.05) is 32.1 Å². The number of likely N-dealkylation sites (tertiary alicyclic amines) is 1. The first-order chi connectivity index (χ1) is 14.1. The lowest BCUT2D eigenvalue weighted by molar-refractivity contribution is 0.129. The Bertz CT molecular complexity index is 1040. The van der Waals surface area contributed by atoms with E-state index >= 15 is 0 Å². The zero-order valence-electron chi connectivity index (χ0n) is 16.5. The highest BCUT2D eigenvalue weighted by molar-refractivity contribution is 6.33. The topological polar surface area (TPSA) is 65.6 Å². The molecule has 0 unspecified atom stereocenters. The Hall–Kier alpha value is -2.51. The summed E-state index contributed by atoms with van der Waals surface area (Å²) in [6.07, 6.45) is 7.36. The van der Waals surface area contributed by atoms with Gasteiger partial charge in [0.05, 0.1) is 22.3 Å². The van der Waals surface area contributed by atoms with Gasteiger partial charge in [-0.3, -0.25) is 4.90 Å². The fourth-order valence-corrected chi connectivity index (χ4v) is 4.37. The highest BCUT2D eigenvalue weighted by Gasteiger charge is 2.29. The molecule has 0 spiro atoms. The van der Waals surface area contributed by atoms with Crippen molar-refractivity contribution in [3.8, 4) is 23.0 Å². The standard InChI is InChI=1S/C21H23ClN4O3/c1-13-16(11-26-7-4-3-5-17(26)20-23-6-8-25(20)2)24-21(29-13)14-9-18-19(10-15(14)22)28-12-27-18/h6,8-10,17H,3-5,7,11-12H2,1-2H3/t17-/m0/s1. The lowest BCUT2D eigenvalue weighted by atomic mass is 10.0. The van der Waals surface area contributed by atoms with E-state index in [2.05, 4.69) is 21.5 Å². The molecule has 0 bridgehead atoms. The van der Waals surface area contributed by atoms with Crippen molar-refractivity contribution < 1.29 is 13.9 Å². The predicted molar refractivity (Wildman–Crippen MR) is 108 cm³/mol. The van der Waals surface area contributed by atoms with E-state index in [1.165, 1.54) is 12.8 Å². The second-order valence-electron chi connectivity index (χ2n) is 7.59. The van der Waals surface area contributed by atoms with Crippen LogP contribution < -0.4 is 9.47 Å². The molecule has 4 heterocycles. The minimum absolute atomic E-state index is 0.203. The van der Waals surface area contributed by atoms with Gasteiger partial charge in [0.15, 0.2) is 11.5 Å². The Morgan fingerprint density at radius 2 is 2.03 bits per heavy atom. The summed E-state index contributed by atoms with van der Waals surface area (Å²) in [6.45, 7) is 3.89. The number of hydrogen-bond acceptors (Lipinski definition) is 6. The normalized spacial score (nSPS) is 19.1. The van der Waals surface area contributed by atoms with Gasteiger partial charge in [-0.05, 0) is 32.4 Å². The van der Waals surface area contributed by atoms with Crippen molar-refractivity contribution >= 4 is 11.6 Å². The van der Waals surface area contributed by atoms with Crippen LogP contribution >= 0.6 is 11.6 Å². The van der Waals surface area contributed by atoms with Crippen LogP contribution in [0.25, 0.3) is 11.5 Å². The number of halogens is 1. The number of aryl methyl sites for hydroxylation is 2. The Kier molecular flexibility index (Phi) is 4.72. The molecular formula is C21H23ClN4O3. The van der Waals surface area contributed by atoms with Crippen molar-refractivity contribution in [1.29, 1.82) is 0 Å². The van der Waals surface area contributed by atoms with Gasteiger partial charge >= 0.3 is 0 Å². The number of ether oxygens (including phenoxy) is 2. The zero-order valence-corrected chi connectivity index (χ0v) is 17.3. The molecule has 1 saturated heterocycles. The van der Waals surface area contributed by atoms with Crippen LogP contribution in [0.2, 0.25) is 5.02 Å². The minimum atomic E-state index is 0.203. The maximum Gasteiger partial charge on any atom is 0.231 e. The summed E-state index contributed by atoms with van der Waals surface area (Å²) >= 11 is 6.45. The maximum absolute atomic E-state index is 6.45. The van der Waals surface area contributed by atoms with E-state index in [0.717, 1.165) is 36.8 Å². The molecule has 2 aromatic heterocycles. The van der Waals surface area contributed by atoms with E-state index in [9.17, 15) is 0 Å². The summed E-state index contributed by atoms with van der Waals surface area (Å²) in [5, 5.41) is 0.533. The van der Waals surface area contributed by atoms with Crippen molar-refractivity contribution in [3.05, 3.63) is 46.8 Å². The highest BCUT2D eigenvalue weighted by atomic mass is 35.5. The van der Waals surface area contributed by atoms with Crippen molar-refractivity contribution in [2.75, 3.05) is 13.3 Å². The molecule has 152 valence electrons. The zero-order chi connectivity index (χ0) is 20.0. The molecule has 1 atom stereocenters. The van der Waals surface area contributed by atoms with Gasteiger partial charge in [-0.1, -0.05) is 18.0 Å². The van der Waals surface area contributed by atoms with Crippen LogP contribution in [0.15, 0.2) is 28.9 Å². The average Bonchev–Trinajstić information content (AvgIpc) is 3.42. The van der Waals surface area contributed by atoms with Crippen molar-refractivity contribution in [2.24, 2.45) is 7.05 Å². The third kappa shape index (κ3) is 3.38. The molecule has 5 rings (SSSR count). The quantitative estimate of drug-likeness (QED) is 0.626. The Morgan fingerprint density at radius 3 is 2.83 bits per heavy atom. The molecule has 2 aliphatic heterocycles. The van der Waals surface area contributed by atoms with E-state index < -0.39 is 0 Å². The molecular weight excluding hydrogens is 392 g/mol. The van der Waals surface area contributed by atoms with Crippen LogP contribution in [0.5, 0.6) is 11.5 Å². The SMILES string of the molecule is Cc1oc(-c2cc3c(cc2Cl)OCO3)nc1CN1CCCC[C@H]1c1nccn1C. The van der Waals surface area contributed by atoms with Gasteiger partial charge in [0.1, 0.15) is 11.6 Å². The number of rotatable bonds is 4. The molecule has 3 aromatic rings. The summed E-state index contributed by atoms with van der Waals surface area (Å²) in [5.74, 6) is 3.72. The van der Waals surface area contributed by atoms with Gasteiger partial charge in [-0.15, -0.1) is 0 Å². The molecule has 2 aliphatic rings. The molecule has 7 nitrogen and oxygen atoms in total. The van der Waals surface area contributed by atoms with Gasteiger partial charge in [0.2, 0.25) is 12.7 Å². The number of oxazole rings is 1. The molecule has 8 heteroatoms. The average molecular weight is 415 g/mol. The van der Waals surface area contributed by atoms with Crippen LogP contribution in [0.3, 0.4) is 0 Å². The van der Waals surface area contributed by atoms with Crippen LogP contribution in [0.4, 0.5) is 0 Å². The van der Waals surface area contributed by atoms with Crippen LogP contribution in [-0.4, -0.2) is 32.8 Å². The lowest BCUT2D eigenvalue weighted by Crippen LogP contribution is -2.34. The lowest BCUT2D eigenvalue weighted by Gasteiger charge is -2.34. The van der Waals surface area contributed by atoms with Gasteiger partial charge < -0.3 is 18.5 Å². The number of hydrogen-bond donors (Lipinski definition) is 0. The first-order valence-corrected chi connectivity index (χ1v) is 10.2. The monoisotopic (exact) mass is 414 g/mol. The van der Waals surface area contributed by atoms with Crippen molar-refractivity contribution in [1.82, 2.24) is 19.4 Å². The molecule has 1 aromatic carbocycles. The minimum Gasteiger partial charge on any atom is -0.454 e. The second-order valence-corrected chi connectivity index (χ2v) is 7.99. The molecule has 0 aliphatic carbocycles. The van der Waals surface area contributed by atoms with E-state index in [0.29, 0.717) is 28.0 Å². The number of piperidine rings is 1. The highest BCUT2D eigenvalue weighted by Crippen LogP contribution is 2.41. The molecule has 1 fully saturated rings. The summed E-state index contributed by atoms with van der Waals surface area (Å²) < 4.78 is 19.0. The maximum atomic E-state index is 6.45. The molecule has 29 heavy (non-hydrogen) atoms. The fraction of sp³-hybridized carbons (Fsp3) is 0.429. The van der Waals surface area contributed by atoms with Crippen molar-refractivity contribution in [3.63, 3.8) is 0 Å². The summed E-state index contributed by atoms with van der Waals surface area (Å²) in [4.78, 5) is 11.8. The van der Waals surface area contributed by atoms with Gasteiger partial charge in [-0.25, -0.2) is 9.97 Å². The van der Waals surface area contributed by atoms with Gasteiger partial charge in [0.25, 0.3) is 0 Å². The van der Waals surface area contributed by atoms with Crippen molar-refractivity contribution in [2.45, 2.75) is 38.8 Å². The summed E-state index contributed by atoms with van der Waals surface area (Å²) in [5.41, 5.74) is 1.64. The van der Waals surface area contributed by atoms with Gasteiger partial charge in [-0.2, -0.15) is 0 Å². The second kappa shape index (κ2) is 7.39. The largest absolute Gasteiger partial charge is 0.454 e. The van der Waals surface area contributed by atoms with Crippen LogP contribution in [0, 0.1) is 6.92 Å². The number of benzene rings is 1. The van der Waals surface area contributed by atoms with E-state index in [1.54, 1.807) is 6.07 Å². The number of aromatic nitrogens is 3. The first kappa shape index (κ1) is 18.5. The third-order valence-corrected chi connectivity index (χ3v) is 6.02. The van der Waals surface area contributed by atoms with E-state index in [-0.39, 0.29) is 12.8 Å². The first-order valence-electron chi connectivity index (χ1n) is 9.87. The number of nitrogens with zero attached hydrogens (tertiary/aromatic N) is 4. The summed E-state index contributed by atoms with van der Waals surface area (Å²) in [6, 6.07) is 3.87. The number of imidazole rings is 1. The Labute approximate surface area is 174 Å². The molecule has 0 N–H and O–H groups in total. The summed E-state index contributed by atoms with van der Waals surface area (Å²) in [7, 11) is 2.05. The molecule has 0 amide bonds. The molecule has 0 saturated carbocycles. The number of fused-ring (bicyclic) bond motifs is 1. The van der Waals surface area contributed by atoms with E-state index in [4.69, 9.17) is 30.5 Å². The van der Waals surface area contributed by atoms with Crippen LogP contribution in [0.1, 0.15) is 42.6 Å².